The third-order valence-corrected chi connectivity index (χ3v) is 3.53. The van der Waals surface area contributed by atoms with E-state index in [1.54, 1.807) is 14.1 Å². The number of benzene rings is 2. The molecule has 0 saturated carbocycles. The zero-order valence-electron chi connectivity index (χ0n) is 15.6. The number of rotatable bonds is 6. The molecule has 9 heteroatoms. The minimum absolute atomic E-state index is 0.00231. The molecule has 0 amide bonds. The van der Waals surface area contributed by atoms with Crippen molar-refractivity contribution in [1.82, 2.24) is 19.9 Å². The van der Waals surface area contributed by atoms with Gasteiger partial charge in [0.25, 0.3) is 6.02 Å². The van der Waals surface area contributed by atoms with E-state index in [0.29, 0.717) is 17.5 Å². The molecule has 1 aromatic heterocycles. The lowest BCUT2D eigenvalue weighted by Crippen LogP contribution is -2.24. The molecule has 0 saturated heterocycles. The van der Waals surface area contributed by atoms with E-state index in [0.717, 1.165) is 11.4 Å². The molecule has 9 nitrogen and oxygen atoms in total. The normalized spacial score (nSPS) is 10.2. The van der Waals surface area contributed by atoms with Crippen molar-refractivity contribution in [3.8, 4) is 11.5 Å². The summed E-state index contributed by atoms with van der Waals surface area (Å²) >= 11 is 0. The maximum atomic E-state index is 7.65. The fraction of sp³-hybridized carbons (Fsp3) is 0.158. The summed E-state index contributed by atoms with van der Waals surface area (Å²) in [6.07, 6.45) is 0. The summed E-state index contributed by atoms with van der Waals surface area (Å²) in [4.78, 5) is 13.9. The molecule has 0 radical (unpaired) electrons. The number of nitrogens with one attached hydrogen (secondary N) is 2. The Morgan fingerprint density at radius 1 is 1.00 bits per heavy atom. The molecule has 4 N–H and O–H groups in total. The van der Waals surface area contributed by atoms with Gasteiger partial charge in [-0.3, -0.25) is 5.41 Å². The largest absolute Gasteiger partial charge is 0.457 e. The molecule has 0 unspecified atom stereocenters. The van der Waals surface area contributed by atoms with Crippen molar-refractivity contribution in [2.24, 2.45) is 0 Å². The molecule has 28 heavy (non-hydrogen) atoms. The van der Waals surface area contributed by atoms with Gasteiger partial charge in [-0.25, -0.2) is 0 Å². The second kappa shape index (κ2) is 8.67. The Morgan fingerprint density at radius 2 is 1.68 bits per heavy atom. The Bertz CT molecular complexity index is 931. The van der Waals surface area contributed by atoms with Gasteiger partial charge in [-0.05, 0) is 36.4 Å². The first kappa shape index (κ1) is 18.9. The van der Waals surface area contributed by atoms with Crippen molar-refractivity contribution < 1.29 is 9.47 Å². The van der Waals surface area contributed by atoms with Gasteiger partial charge in [-0.1, -0.05) is 18.2 Å². The molecule has 144 valence electrons. The highest BCUT2D eigenvalue weighted by atomic mass is 16.5. The Labute approximate surface area is 162 Å². The zero-order chi connectivity index (χ0) is 19.9. The van der Waals surface area contributed by atoms with Crippen LogP contribution >= 0.6 is 0 Å². The van der Waals surface area contributed by atoms with Gasteiger partial charge in [0.1, 0.15) is 11.5 Å². The Morgan fingerprint density at radius 3 is 2.36 bits per heavy atom. The lowest BCUT2D eigenvalue weighted by Gasteiger charge is -2.14. The van der Waals surface area contributed by atoms with Crippen molar-refractivity contribution >= 4 is 23.6 Å². The molecular formula is C19H21N7O2. The highest BCUT2D eigenvalue weighted by Crippen LogP contribution is 2.23. The fourth-order valence-corrected chi connectivity index (χ4v) is 2.18. The van der Waals surface area contributed by atoms with Gasteiger partial charge in [0, 0.05) is 19.8 Å². The zero-order valence-corrected chi connectivity index (χ0v) is 15.6. The number of hydrogen-bond donors (Lipinski definition) is 3. The Hall–Kier alpha value is -3.88. The van der Waals surface area contributed by atoms with E-state index in [2.05, 4.69) is 20.3 Å². The summed E-state index contributed by atoms with van der Waals surface area (Å²) < 4.78 is 11.0. The SMILES string of the molecule is CN(C)C(=N)OCc1nc(N)nc(Nc2ccc(Oc3ccccc3)cc2)n1. The van der Waals surface area contributed by atoms with Crippen molar-refractivity contribution in [1.29, 1.82) is 5.41 Å². The van der Waals surface area contributed by atoms with Gasteiger partial charge in [-0.15, -0.1) is 0 Å². The Balaban J connectivity index is 1.65. The van der Waals surface area contributed by atoms with E-state index in [1.165, 1.54) is 4.90 Å². The summed E-state index contributed by atoms with van der Waals surface area (Å²) in [5, 5.41) is 10.7. The quantitative estimate of drug-likeness (QED) is 0.441. The van der Waals surface area contributed by atoms with Crippen LogP contribution < -0.4 is 15.8 Å². The summed E-state index contributed by atoms with van der Waals surface area (Å²) in [5.41, 5.74) is 6.51. The van der Waals surface area contributed by atoms with Crippen molar-refractivity contribution in [3.05, 3.63) is 60.4 Å². The molecule has 2 aromatic carbocycles. The molecular weight excluding hydrogens is 358 g/mol. The third-order valence-electron chi connectivity index (χ3n) is 3.53. The third kappa shape index (κ3) is 5.31. The number of nitrogens with two attached hydrogens (primary N) is 1. The lowest BCUT2D eigenvalue weighted by molar-refractivity contribution is 0.235. The van der Waals surface area contributed by atoms with E-state index in [9.17, 15) is 0 Å². The molecule has 0 spiro atoms. The van der Waals surface area contributed by atoms with Crippen LogP contribution in [0, 0.1) is 5.41 Å². The van der Waals surface area contributed by atoms with Gasteiger partial charge in [0.2, 0.25) is 11.9 Å². The number of para-hydroxylation sites is 1. The average molecular weight is 379 g/mol. The number of ether oxygens (including phenoxy) is 2. The van der Waals surface area contributed by atoms with Crippen LogP contribution in [0.5, 0.6) is 11.5 Å². The lowest BCUT2D eigenvalue weighted by atomic mass is 10.3. The molecule has 1 heterocycles. The smallest absolute Gasteiger partial charge is 0.284 e. The van der Waals surface area contributed by atoms with Crippen molar-refractivity contribution in [2.45, 2.75) is 6.61 Å². The first-order valence-corrected chi connectivity index (χ1v) is 8.49. The summed E-state index contributed by atoms with van der Waals surface area (Å²) in [5.74, 6) is 2.16. The molecule has 0 fully saturated rings. The minimum Gasteiger partial charge on any atom is -0.457 e. The molecule has 3 aromatic rings. The predicted octanol–water partition coefficient (Wildman–Crippen LogP) is 3.00. The first-order valence-electron chi connectivity index (χ1n) is 8.49. The number of nitrogens with zero attached hydrogens (tertiary/aromatic N) is 4. The van der Waals surface area contributed by atoms with Gasteiger partial charge in [0.05, 0.1) is 0 Å². The van der Waals surface area contributed by atoms with Crippen LogP contribution in [-0.2, 0) is 11.3 Å². The van der Waals surface area contributed by atoms with Crippen LogP contribution in [0.2, 0.25) is 0 Å². The van der Waals surface area contributed by atoms with Gasteiger partial charge >= 0.3 is 0 Å². The van der Waals surface area contributed by atoms with Gasteiger partial charge in [-0.2, -0.15) is 15.0 Å². The maximum Gasteiger partial charge on any atom is 0.284 e. The highest BCUT2D eigenvalue weighted by molar-refractivity contribution is 5.69. The predicted molar refractivity (Wildman–Crippen MR) is 107 cm³/mol. The monoisotopic (exact) mass is 379 g/mol. The van der Waals surface area contributed by atoms with Gasteiger partial charge in [0.15, 0.2) is 12.4 Å². The van der Waals surface area contributed by atoms with Crippen molar-refractivity contribution in [2.75, 3.05) is 25.1 Å². The highest BCUT2D eigenvalue weighted by Gasteiger charge is 2.08. The molecule has 3 rings (SSSR count). The number of aromatic nitrogens is 3. The van der Waals surface area contributed by atoms with Crippen LogP contribution in [0.25, 0.3) is 0 Å². The number of nitrogen functional groups attached to an aromatic ring is 1. The molecule has 0 bridgehead atoms. The molecule has 0 aliphatic heterocycles. The van der Waals surface area contributed by atoms with Crippen molar-refractivity contribution in [3.63, 3.8) is 0 Å². The second-order valence-corrected chi connectivity index (χ2v) is 5.99. The molecule has 0 aliphatic rings. The van der Waals surface area contributed by atoms with Crippen LogP contribution in [0.15, 0.2) is 54.6 Å². The Kier molecular flexibility index (Phi) is 5.85. The first-order chi connectivity index (χ1) is 13.5. The summed E-state index contributed by atoms with van der Waals surface area (Å²) in [6.45, 7) is 0.0161. The second-order valence-electron chi connectivity index (χ2n) is 5.99. The van der Waals surface area contributed by atoms with Crippen LogP contribution in [0.1, 0.15) is 5.82 Å². The van der Waals surface area contributed by atoms with E-state index in [1.807, 2.05) is 54.6 Å². The molecule has 0 atom stereocenters. The maximum absolute atomic E-state index is 7.65. The van der Waals surface area contributed by atoms with Crippen LogP contribution in [0.3, 0.4) is 0 Å². The topological polar surface area (TPSA) is 122 Å². The van der Waals surface area contributed by atoms with Gasteiger partial charge < -0.3 is 25.4 Å². The fourth-order valence-electron chi connectivity index (χ4n) is 2.18. The van der Waals surface area contributed by atoms with E-state index < -0.39 is 0 Å². The van der Waals surface area contributed by atoms with E-state index >= 15 is 0 Å². The summed E-state index contributed by atoms with van der Waals surface area (Å²) in [6, 6.07) is 16.9. The van der Waals surface area contributed by atoms with Crippen LogP contribution in [0.4, 0.5) is 17.6 Å². The molecule has 0 aliphatic carbocycles. The van der Waals surface area contributed by atoms with Crippen LogP contribution in [-0.4, -0.2) is 40.0 Å². The number of anilines is 3. The minimum atomic E-state index is 0.00231. The average Bonchev–Trinajstić information content (AvgIpc) is 2.68. The standard InChI is InChI=1S/C19H21N7O2/c1-26(2)18(21)27-12-16-23-17(20)25-19(24-16)22-13-8-10-15(11-9-13)28-14-6-4-3-5-7-14/h3-11,21H,12H2,1-2H3,(H3,20,22,23,24,25). The van der Waals surface area contributed by atoms with E-state index in [4.69, 9.17) is 20.6 Å². The number of hydrogen-bond acceptors (Lipinski definition) is 8. The number of amidine groups is 1. The van der Waals surface area contributed by atoms with E-state index in [-0.39, 0.29) is 18.6 Å². The summed E-state index contributed by atoms with van der Waals surface area (Å²) in [7, 11) is 3.42.